The first-order valence-electron chi connectivity index (χ1n) is 3.58. The Labute approximate surface area is 74.7 Å². The SMILES string of the molecule is COc1cccc(C([O])[N+](=O)[O-])c1. The zero-order chi connectivity index (χ0) is 9.84. The van der Waals surface area contributed by atoms with Crippen LogP contribution in [0.3, 0.4) is 0 Å². The van der Waals surface area contributed by atoms with E-state index in [4.69, 9.17) is 4.74 Å². The van der Waals surface area contributed by atoms with Gasteiger partial charge in [-0.1, -0.05) is 6.07 Å². The number of hydrogen-bond acceptors (Lipinski definition) is 3. The van der Waals surface area contributed by atoms with Crippen molar-refractivity contribution >= 4 is 0 Å². The second kappa shape index (κ2) is 3.86. The Hall–Kier alpha value is -1.62. The highest BCUT2D eigenvalue weighted by Gasteiger charge is 2.20. The molecule has 0 spiro atoms. The molecule has 1 unspecified atom stereocenters. The molecule has 0 aromatic heterocycles. The summed E-state index contributed by atoms with van der Waals surface area (Å²) >= 11 is 0. The summed E-state index contributed by atoms with van der Waals surface area (Å²) in [6.45, 7) is 0. The van der Waals surface area contributed by atoms with Gasteiger partial charge in [0.15, 0.2) is 0 Å². The van der Waals surface area contributed by atoms with Crippen LogP contribution in [0.2, 0.25) is 0 Å². The molecule has 1 aromatic carbocycles. The Morgan fingerprint density at radius 2 is 2.23 bits per heavy atom. The molecule has 1 rings (SSSR count). The summed E-state index contributed by atoms with van der Waals surface area (Å²) in [5, 5.41) is 21.1. The molecule has 0 aliphatic heterocycles. The zero-order valence-corrected chi connectivity index (χ0v) is 6.97. The second-order valence-corrected chi connectivity index (χ2v) is 2.41. The van der Waals surface area contributed by atoms with Gasteiger partial charge >= 0.3 is 6.23 Å². The molecule has 0 saturated heterocycles. The van der Waals surface area contributed by atoms with Crippen LogP contribution in [-0.2, 0) is 5.11 Å². The van der Waals surface area contributed by atoms with Crippen LogP contribution in [0.4, 0.5) is 0 Å². The van der Waals surface area contributed by atoms with Gasteiger partial charge in [0.1, 0.15) is 5.75 Å². The van der Waals surface area contributed by atoms with Crippen molar-refractivity contribution in [3.05, 3.63) is 39.9 Å². The summed E-state index contributed by atoms with van der Waals surface area (Å²) in [5.41, 5.74) is 0.101. The molecule has 5 nitrogen and oxygen atoms in total. The molecule has 0 N–H and O–H groups in total. The number of rotatable bonds is 3. The third-order valence-corrected chi connectivity index (χ3v) is 1.57. The molecule has 0 fully saturated rings. The second-order valence-electron chi connectivity index (χ2n) is 2.41. The van der Waals surface area contributed by atoms with Gasteiger partial charge in [-0.05, 0) is 18.2 Å². The fourth-order valence-corrected chi connectivity index (χ4v) is 0.917. The van der Waals surface area contributed by atoms with Gasteiger partial charge in [0.2, 0.25) is 0 Å². The Bertz CT molecular complexity index is 313. The Morgan fingerprint density at radius 1 is 1.54 bits per heavy atom. The number of nitro groups is 1. The molecule has 1 radical (unpaired) electrons. The normalized spacial score (nSPS) is 12.2. The first-order chi connectivity index (χ1) is 6.15. The predicted octanol–water partition coefficient (Wildman–Crippen LogP) is 1.40. The van der Waals surface area contributed by atoms with Gasteiger partial charge in [-0.15, -0.1) is 5.11 Å². The topological polar surface area (TPSA) is 72.3 Å². The van der Waals surface area contributed by atoms with Crippen LogP contribution < -0.4 is 4.74 Å². The van der Waals surface area contributed by atoms with Gasteiger partial charge in [-0.2, -0.15) is 0 Å². The maximum Gasteiger partial charge on any atom is 0.368 e. The van der Waals surface area contributed by atoms with Gasteiger partial charge in [-0.3, -0.25) is 10.1 Å². The first-order valence-corrected chi connectivity index (χ1v) is 3.58. The number of nitrogens with zero attached hydrogens (tertiary/aromatic N) is 1. The van der Waals surface area contributed by atoms with Gasteiger partial charge in [0.25, 0.3) is 0 Å². The van der Waals surface area contributed by atoms with Crippen LogP contribution in [0.1, 0.15) is 11.8 Å². The van der Waals surface area contributed by atoms with E-state index >= 15 is 0 Å². The van der Waals surface area contributed by atoms with Gasteiger partial charge in [0, 0.05) is 0 Å². The minimum Gasteiger partial charge on any atom is -0.497 e. The average Bonchev–Trinajstić information content (AvgIpc) is 2.16. The lowest BCUT2D eigenvalue weighted by Gasteiger charge is -2.03. The summed E-state index contributed by atoms with van der Waals surface area (Å²) in [4.78, 5) is 9.27. The molecular formula is C8H8NO4. The Balaban J connectivity index is 2.94. The van der Waals surface area contributed by atoms with Crippen LogP contribution in [0.5, 0.6) is 5.75 Å². The highest BCUT2D eigenvalue weighted by molar-refractivity contribution is 5.28. The summed E-state index contributed by atoms with van der Waals surface area (Å²) in [7, 11) is 1.44. The molecule has 13 heavy (non-hydrogen) atoms. The molecule has 0 saturated carbocycles. The summed E-state index contributed by atoms with van der Waals surface area (Å²) < 4.78 is 4.82. The molecule has 69 valence electrons. The highest BCUT2D eigenvalue weighted by Crippen LogP contribution is 2.19. The monoisotopic (exact) mass is 182 g/mol. The van der Waals surface area contributed by atoms with Crippen molar-refractivity contribution in [2.45, 2.75) is 6.23 Å². The lowest BCUT2D eigenvalue weighted by Crippen LogP contribution is -2.07. The van der Waals surface area contributed by atoms with Crippen molar-refractivity contribution in [1.29, 1.82) is 0 Å². The average molecular weight is 182 g/mol. The van der Waals surface area contributed by atoms with E-state index in [1.807, 2.05) is 0 Å². The number of hydrogen-bond donors (Lipinski definition) is 0. The van der Waals surface area contributed by atoms with Gasteiger partial charge in [0.05, 0.1) is 17.6 Å². The smallest absolute Gasteiger partial charge is 0.368 e. The molecule has 0 aliphatic rings. The minimum atomic E-state index is -1.94. The van der Waals surface area contributed by atoms with Crippen molar-refractivity contribution in [3.63, 3.8) is 0 Å². The van der Waals surface area contributed by atoms with Crippen molar-refractivity contribution in [2.75, 3.05) is 7.11 Å². The number of methoxy groups -OCH3 is 1. The van der Waals surface area contributed by atoms with E-state index in [0.29, 0.717) is 5.75 Å². The van der Waals surface area contributed by atoms with E-state index in [1.165, 1.54) is 19.2 Å². The Kier molecular flexibility index (Phi) is 2.81. The lowest BCUT2D eigenvalue weighted by molar-refractivity contribution is -0.589. The predicted molar refractivity (Wildman–Crippen MR) is 43.4 cm³/mol. The highest BCUT2D eigenvalue weighted by atomic mass is 16.7. The molecule has 0 bridgehead atoms. The van der Waals surface area contributed by atoms with Crippen LogP contribution in [0, 0.1) is 10.1 Å². The van der Waals surface area contributed by atoms with Crippen molar-refractivity contribution in [3.8, 4) is 5.75 Å². The van der Waals surface area contributed by atoms with E-state index in [1.54, 1.807) is 12.1 Å². The molecule has 0 amide bonds. The first kappa shape index (κ1) is 9.47. The van der Waals surface area contributed by atoms with Gasteiger partial charge < -0.3 is 4.74 Å². The quantitative estimate of drug-likeness (QED) is 0.403. The van der Waals surface area contributed by atoms with Crippen molar-refractivity contribution in [1.82, 2.24) is 0 Å². The van der Waals surface area contributed by atoms with E-state index in [0.717, 1.165) is 0 Å². The number of ether oxygens (including phenoxy) is 1. The maximum absolute atomic E-state index is 10.9. The summed E-state index contributed by atoms with van der Waals surface area (Å²) in [5.74, 6) is 0.445. The lowest BCUT2D eigenvalue weighted by atomic mass is 10.2. The van der Waals surface area contributed by atoms with Crippen molar-refractivity contribution in [2.24, 2.45) is 0 Å². The van der Waals surface area contributed by atoms with E-state index in [-0.39, 0.29) is 5.56 Å². The molecular weight excluding hydrogens is 174 g/mol. The van der Waals surface area contributed by atoms with Gasteiger partial charge in [-0.25, -0.2) is 0 Å². The van der Waals surface area contributed by atoms with Crippen LogP contribution in [0.25, 0.3) is 0 Å². The summed E-state index contributed by atoms with van der Waals surface area (Å²) in [6.07, 6.45) is -1.94. The zero-order valence-electron chi connectivity index (χ0n) is 6.97. The molecule has 1 aromatic rings. The van der Waals surface area contributed by atoms with E-state index < -0.39 is 11.2 Å². The summed E-state index contributed by atoms with van der Waals surface area (Å²) in [6, 6.07) is 5.93. The molecule has 5 heteroatoms. The molecule has 1 atom stereocenters. The third kappa shape index (κ3) is 2.16. The van der Waals surface area contributed by atoms with Crippen LogP contribution in [-0.4, -0.2) is 12.0 Å². The van der Waals surface area contributed by atoms with Crippen LogP contribution >= 0.6 is 0 Å². The fourth-order valence-electron chi connectivity index (χ4n) is 0.917. The van der Waals surface area contributed by atoms with E-state index in [2.05, 4.69) is 0 Å². The standard InChI is InChI=1S/C8H8NO4/c1-13-7-4-2-3-6(5-7)8(10)9(11)12/h2-5,8H,1H3. The fraction of sp³-hybridized carbons (Fsp3) is 0.250. The third-order valence-electron chi connectivity index (χ3n) is 1.57. The number of benzene rings is 1. The van der Waals surface area contributed by atoms with Crippen molar-refractivity contribution < 1.29 is 14.8 Å². The van der Waals surface area contributed by atoms with Crippen LogP contribution in [0.15, 0.2) is 24.3 Å². The Morgan fingerprint density at radius 3 is 2.77 bits per heavy atom. The van der Waals surface area contributed by atoms with E-state index in [9.17, 15) is 15.2 Å². The largest absolute Gasteiger partial charge is 0.497 e. The molecule has 0 heterocycles. The maximum atomic E-state index is 10.9. The molecule has 0 aliphatic carbocycles. The minimum absolute atomic E-state index is 0.101.